The normalized spacial score (nSPS) is 10.6. The predicted molar refractivity (Wildman–Crippen MR) is 35.3 cm³/mol. The van der Waals surface area contributed by atoms with Crippen LogP contribution in [0.15, 0.2) is 0 Å². The zero-order valence-corrected chi connectivity index (χ0v) is 7.21. The number of alkyl halides is 3. The van der Waals surface area contributed by atoms with E-state index in [-0.39, 0.29) is 5.06 Å². The van der Waals surface area contributed by atoms with Crippen LogP contribution < -0.4 is 0 Å². The summed E-state index contributed by atoms with van der Waals surface area (Å²) in [5.74, 6) is -4.85. The highest BCUT2D eigenvalue weighted by atomic mass is 19.4. The van der Waals surface area contributed by atoms with Gasteiger partial charge in [-0.05, 0) is 0 Å². The summed E-state index contributed by atoms with van der Waals surface area (Å²) in [6.45, 7) is 1.57. The van der Waals surface area contributed by atoms with Gasteiger partial charge in [0.15, 0.2) is 0 Å². The Labute approximate surface area is 76.4 Å². The molecule has 0 aliphatic rings. The van der Waals surface area contributed by atoms with Crippen LogP contribution in [0.25, 0.3) is 0 Å². The molecule has 2 amide bonds. The maximum atomic E-state index is 11.6. The third-order valence-corrected chi connectivity index (χ3v) is 0.978. The number of hydroxylamine groups is 2. The van der Waals surface area contributed by atoms with E-state index in [9.17, 15) is 27.6 Å². The second kappa shape index (κ2) is 4.07. The van der Waals surface area contributed by atoms with E-state index in [2.05, 4.69) is 4.84 Å². The highest BCUT2D eigenvalue weighted by Gasteiger charge is 2.43. The fourth-order valence-corrected chi connectivity index (χ4v) is 0.485. The summed E-state index contributed by atoms with van der Waals surface area (Å²) in [6, 6.07) is 0. The fourth-order valence-electron chi connectivity index (χ4n) is 0.485. The molecule has 0 aliphatic carbocycles. The molecule has 5 nitrogen and oxygen atoms in total. The Hall–Kier alpha value is -1.60. The van der Waals surface area contributed by atoms with E-state index in [1.54, 1.807) is 0 Å². The van der Waals surface area contributed by atoms with Crippen molar-refractivity contribution < 1.29 is 32.4 Å². The lowest BCUT2D eigenvalue weighted by Crippen LogP contribution is -2.40. The summed E-state index contributed by atoms with van der Waals surface area (Å²) >= 11 is 0. The third-order valence-electron chi connectivity index (χ3n) is 0.978. The number of imide groups is 1. The lowest BCUT2D eigenvalue weighted by molar-refractivity contribution is -0.234. The van der Waals surface area contributed by atoms with E-state index in [1.807, 2.05) is 0 Å². The highest BCUT2D eigenvalue weighted by Crippen LogP contribution is 2.17. The lowest BCUT2D eigenvalue weighted by atomic mass is 10.6. The number of halogens is 3. The summed E-state index contributed by atoms with van der Waals surface area (Å²) in [4.78, 5) is 34.7. The Morgan fingerprint density at radius 3 is 1.64 bits per heavy atom. The molecule has 0 heterocycles. The highest BCUT2D eigenvalue weighted by molar-refractivity contribution is 5.93. The van der Waals surface area contributed by atoms with Gasteiger partial charge in [-0.1, -0.05) is 0 Å². The van der Waals surface area contributed by atoms with Crippen LogP contribution in [0, 0.1) is 0 Å². The average molecular weight is 213 g/mol. The van der Waals surface area contributed by atoms with Crippen molar-refractivity contribution in [3.05, 3.63) is 0 Å². The number of amides is 2. The van der Waals surface area contributed by atoms with Crippen LogP contribution in [0.2, 0.25) is 0 Å². The van der Waals surface area contributed by atoms with E-state index in [4.69, 9.17) is 0 Å². The van der Waals surface area contributed by atoms with Gasteiger partial charge in [0.05, 0.1) is 0 Å². The molecule has 8 heteroatoms. The molecule has 0 aromatic heterocycles. The first-order chi connectivity index (χ1) is 6.16. The van der Waals surface area contributed by atoms with E-state index < -0.39 is 24.0 Å². The monoisotopic (exact) mass is 213 g/mol. The van der Waals surface area contributed by atoms with Crippen LogP contribution in [0.3, 0.4) is 0 Å². The summed E-state index contributed by atoms with van der Waals surface area (Å²) < 4.78 is 34.8. The zero-order chi connectivity index (χ0) is 11.5. The molecule has 0 saturated heterocycles. The first kappa shape index (κ1) is 12.4. The number of hydrogen-bond acceptors (Lipinski definition) is 4. The van der Waals surface area contributed by atoms with Gasteiger partial charge in [0.2, 0.25) is 0 Å². The van der Waals surface area contributed by atoms with Crippen LogP contribution in [-0.4, -0.2) is 29.0 Å². The number of rotatable bonds is 0. The summed E-state index contributed by atoms with van der Waals surface area (Å²) in [5.41, 5.74) is 0. The number of hydrogen-bond donors (Lipinski definition) is 0. The van der Waals surface area contributed by atoms with Crippen molar-refractivity contribution >= 4 is 17.8 Å². The van der Waals surface area contributed by atoms with Crippen LogP contribution in [0.4, 0.5) is 13.2 Å². The largest absolute Gasteiger partial charge is 0.493 e. The summed E-state index contributed by atoms with van der Waals surface area (Å²) in [7, 11) is 0. The lowest BCUT2D eigenvalue weighted by Gasteiger charge is -2.15. The summed E-state index contributed by atoms with van der Waals surface area (Å²) in [5, 5.41) is -0.268. The molecular formula is C6H6F3NO4. The second-order valence-electron chi connectivity index (χ2n) is 2.21. The third kappa shape index (κ3) is 3.42. The van der Waals surface area contributed by atoms with Crippen LogP contribution in [0.1, 0.15) is 13.8 Å². The topological polar surface area (TPSA) is 63.7 Å². The van der Waals surface area contributed by atoms with Crippen molar-refractivity contribution in [2.75, 3.05) is 0 Å². The standard InChI is InChI=1S/C6H6F3NO4/c1-3(11)10(4(2)12)14-5(13)6(7,8)9/h1-2H3. The van der Waals surface area contributed by atoms with Crippen LogP contribution in [-0.2, 0) is 19.2 Å². The van der Waals surface area contributed by atoms with Gasteiger partial charge >= 0.3 is 12.1 Å². The van der Waals surface area contributed by atoms with Gasteiger partial charge in [-0.3, -0.25) is 9.59 Å². The first-order valence-corrected chi connectivity index (χ1v) is 3.26. The number of carbonyl (C=O) groups is 3. The van der Waals surface area contributed by atoms with Gasteiger partial charge in [-0.2, -0.15) is 13.2 Å². The van der Waals surface area contributed by atoms with Gasteiger partial charge in [-0.25, -0.2) is 4.79 Å². The maximum Gasteiger partial charge on any atom is 0.493 e. The number of carbonyl (C=O) groups excluding carboxylic acids is 3. The van der Waals surface area contributed by atoms with E-state index >= 15 is 0 Å². The Kier molecular flexibility index (Phi) is 3.61. The molecule has 0 fully saturated rings. The number of nitrogens with zero attached hydrogens (tertiary/aromatic N) is 1. The second-order valence-corrected chi connectivity index (χ2v) is 2.21. The Bertz CT molecular complexity index is 259. The molecule has 0 spiro atoms. The molecule has 80 valence electrons. The molecule has 0 saturated carbocycles. The minimum Gasteiger partial charge on any atom is -0.322 e. The van der Waals surface area contributed by atoms with Crippen molar-refractivity contribution in [1.82, 2.24) is 5.06 Å². The van der Waals surface area contributed by atoms with E-state index in [1.165, 1.54) is 0 Å². The molecule has 0 unspecified atom stereocenters. The molecule has 0 rings (SSSR count). The van der Waals surface area contributed by atoms with Crippen molar-refractivity contribution in [3.8, 4) is 0 Å². The van der Waals surface area contributed by atoms with Crippen molar-refractivity contribution in [2.24, 2.45) is 0 Å². The molecule has 0 N–H and O–H groups in total. The molecular weight excluding hydrogens is 207 g/mol. The van der Waals surface area contributed by atoms with Crippen molar-refractivity contribution in [3.63, 3.8) is 0 Å². The maximum absolute atomic E-state index is 11.6. The Balaban J connectivity index is 4.56. The predicted octanol–water partition coefficient (Wildman–Crippen LogP) is 0.402. The molecule has 0 atom stereocenters. The Morgan fingerprint density at radius 1 is 1.07 bits per heavy atom. The van der Waals surface area contributed by atoms with Gasteiger partial charge in [0.1, 0.15) is 0 Å². The Morgan fingerprint density at radius 2 is 1.43 bits per heavy atom. The van der Waals surface area contributed by atoms with Crippen molar-refractivity contribution in [2.45, 2.75) is 20.0 Å². The fraction of sp³-hybridized carbons (Fsp3) is 0.500. The molecule has 0 bridgehead atoms. The minimum absolute atomic E-state index is 0.268. The molecule has 0 aliphatic heterocycles. The minimum atomic E-state index is -5.25. The smallest absolute Gasteiger partial charge is 0.322 e. The summed E-state index contributed by atoms with van der Waals surface area (Å²) in [6.07, 6.45) is -5.25. The average Bonchev–Trinajstić information content (AvgIpc) is 1.96. The van der Waals surface area contributed by atoms with Crippen LogP contribution >= 0.6 is 0 Å². The molecule has 0 aromatic carbocycles. The van der Waals surface area contributed by atoms with Gasteiger partial charge < -0.3 is 4.84 Å². The van der Waals surface area contributed by atoms with Gasteiger partial charge in [0.25, 0.3) is 11.8 Å². The van der Waals surface area contributed by atoms with E-state index in [0.29, 0.717) is 0 Å². The van der Waals surface area contributed by atoms with Gasteiger partial charge in [-0.15, -0.1) is 5.06 Å². The van der Waals surface area contributed by atoms with Crippen LogP contribution in [0.5, 0.6) is 0 Å². The van der Waals surface area contributed by atoms with Crippen molar-refractivity contribution in [1.29, 1.82) is 0 Å². The van der Waals surface area contributed by atoms with Gasteiger partial charge in [0, 0.05) is 13.8 Å². The molecule has 0 aromatic rings. The molecule has 14 heavy (non-hydrogen) atoms. The zero-order valence-electron chi connectivity index (χ0n) is 7.21. The molecule has 0 radical (unpaired) electrons. The quantitative estimate of drug-likeness (QED) is 0.546. The van der Waals surface area contributed by atoms with E-state index in [0.717, 1.165) is 13.8 Å². The first-order valence-electron chi connectivity index (χ1n) is 3.26. The SMILES string of the molecule is CC(=O)N(OC(=O)C(F)(F)F)C(C)=O.